The van der Waals surface area contributed by atoms with Crippen LogP contribution in [0.25, 0.3) is 0 Å². The molecule has 0 radical (unpaired) electrons. The van der Waals surface area contributed by atoms with Crippen molar-refractivity contribution in [3.63, 3.8) is 0 Å². The Bertz CT molecular complexity index is 517. The molecule has 36 heavy (non-hydrogen) atoms. The monoisotopic (exact) mass is 510 g/mol. The van der Waals surface area contributed by atoms with Crippen LogP contribution in [0.5, 0.6) is 0 Å². The summed E-state index contributed by atoms with van der Waals surface area (Å²) in [4.78, 5) is 23.9. The summed E-state index contributed by atoms with van der Waals surface area (Å²) in [5.41, 5.74) is 0. The molecule has 0 aliphatic rings. The molecular weight excluding hydrogens is 452 g/mol. The molecule has 0 amide bonds. The van der Waals surface area contributed by atoms with Gasteiger partial charge in [0.1, 0.15) is 6.61 Å². The zero-order valence-electron chi connectivity index (χ0n) is 23.8. The summed E-state index contributed by atoms with van der Waals surface area (Å²) in [6, 6.07) is 0. The van der Waals surface area contributed by atoms with Crippen LogP contribution in [0.1, 0.15) is 155 Å². The van der Waals surface area contributed by atoms with E-state index in [1.165, 1.54) is 83.5 Å². The summed E-state index contributed by atoms with van der Waals surface area (Å²) >= 11 is 0. The van der Waals surface area contributed by atoms with Crippen molar-refractivity contribution in [2.24, 2.45) is 0 Å². The van der Waals surface area contributed by atoms with E-state index in [1.54, 1.807) is 0 Å². The Labute approximate surface area is 222 Å². The Balaban J connectivity index is 3.57. The molecule has 0 bridgehead atoms. The van der Waals surface area contributed by atoms with E-state index < -0.39 is 6.10 Å². The highest BCUT2D eigenvalue weighted by atomic mass is 16.6. The van der Waals surface area contributed by atoms with Gasteiger partial charge in [0.25, 0.3) is 0 Å². The molecule has 0 aromatic carbocycles. The van der Waals surface area contributed by atoms with Gasteiger partial charge in [-0.05, 0) is 38.5 Å². The number of hydrogen-bond donors (Lipinski definition) is 1. The van der Waals surface area contributed by atoms with E-state index in [0.717, 1.165) is 44.9 Å². The van der Waals surface area contributed by atoms with Gasteiger partial charge >= 0.3 is 11.9 Å². The molecule has 0 saturated heterocycles. The number of rotatable bonds is 27. The minimum atomic E-state index is -0.764. The molecule has 5 heteroatoms. The van der Waals surface area contributed by atoms with Crippen LogP contribution in [0, 0.1) is 0 Å². The van der Waals surface area contributed by atoms with Gasteiger partial charge in [0.15, 0.2) is 6.10 Å². The molecule has 212 valence electrons. The van der Waals surface area contributed by atoms with Gasteiger partial charge in [0, 0.05) is 12.8 Å². The first-order valence-electron chi connectivity index (χ1n) is 15.2. The Morgan fingerprint density at radius 1 is 0.611 bits per heavy atom. The number of ether oxygens (including phenoxy) is 2. The van der Waals surface area contributed by atoms with Gasteiger partial charge in [-0.2, -0.15) is 0 Å². The second kappa shape index (κ2) is 28.2. The first-order valence-corrected chi connectivity index (χ1v) is 15.2. The van der Waals surface area contributed by atoms with Crippen molar-refractivity contribution < 1.29 is 24.2 Å². The lowest BCUT2D eigenvalue weighted by molar-refractivity contribution is -0.161. The maximum Gasteiger partial charge on any atom is 0.306 e. The smallest absolute Gasteiger partial charge is 0.306 e. The fourth-order valence-electron chi connectivity index (χ4n) is 4.19. The maximum atomic E-state index is 11.9. The Kier molecular flexibility index (Phi) is 27.1. The van der Waals surface area contributed by atoms with Crippen LogP contribution in [0.15, 0.2) is 12.2 Å². The van der Waals surface area contributed by atoms with E-state index in [0.29, 0.717) is 12.8 Å². The van der Waals surface area contributed by atoms with Crippen molar-refractivity contribution >= 4 is 11.9 Å². The highest BCUT2D eigenvalue weighted by Gasteiger charge is 2.16. The Hall–Kier alpha value is -1.36. The molecule has 0 fully saturated rings. The molecule has 1 unspecified atom stereocenters. The Morgan fingerprint density at radius 3 is 1.50 bits per heavy atom. The minimum absolute atomic E-state index is 0.0663. The van der Waals surface area contributed by atoms with Gasteiger partial charge in [0.2, 0.25) is 0 Å². The van der Waals surface area contributed by atoms with Gasteiger partial charge in [0.05, 0.1) is 6.61 Å². The number of aliphatic hydroxyl groups is 1. The third-order valence-electron chi connectivity index (χ3n) is 6.56. The summed E-state index contributed by atoms with van der Waals surface area (Å²) in [6.45, 7) is 4.06. The lowest BCUT2D eigenvalue weighted by atomic mass is 10.1. The number of allylic oxidation sites excluding steroid dienone is 2. The van der Waals surface area contributed by atoms with Crippen molar-refractivity contribution in [2.45, 2.75) is 161 Å². The Morgan fingerprint density at radius 2 is 1.03 bits per heavy atom. The molecule has 0 aromatic heterocycles. The van der Waals surface area contributed by atoms with Gasteiger partial charge < -0.3 is 14.6 Å². The summed E-state index contributed by atoms with van der Waals surface area (Å²) < 4.78 is 10.5. The van der Waals surface area contributed by atoms with Crippen molar-refractivity contribution in [3.8, 4) is 0 Å². The standard InChI is InChI=1S/C31H58O5/c1-3-5-7-9-11-12-13-14-15-16-17-18-20-21-23-25-30(33)35-28-29(27-32)36-31(34)26-24-22-19-10-8-6-4-2/h14-15,29,32H,3-13,16-28H2,1-2H3/b15-14-. The predicted molar refractivity (Wildman–Crippen MR) is 150 cm³/mol. The zero-order chi connectivity index (χ0) is 26.5. The third kappa shape index (κ3) is 25.7. The third-order valence-corrected chi connectivity index (χ3v) is 6.56. The molecular formula is C31H58O5. The van der Waals surface area contributed by atoms with Crippen molar-refractivity contribution in [1.82, 2.24) is 0 Å². The highest BCUT2D eigenvalue weighted by molar-refractivity contribution is 5.70. The van der Waals surface area contributed by atoms with Gasteiger partial charge in [-0.1, -0.05) is 116 Å². The maximum absolute atomic E-state index is 11.9. The molecule has 0 rings (SSSR count). The first kappa shape index (κ1) is 34.6. The largest absolute Gasteiger partial charge is 0.462 e. The molecule has 0 aliphatic heterocycles. The number of unbranched alkanes of at least 4 members (excludes halogenated alkanes) is 17. The summed E-state index contributed by atoms with van der Waals surface area (Å²) in [7, 11) is 0. The lowest BCUT2D eigenvalue weighted by Crippen LogP contribution is -2.28. The van der Waals surface area contributed by atoms with E-state index in [1.807, 2.05) is 0 Å². The summed E-state index contributed by atoms with van der Waals surface area (Å²) in [5.74, 6) is -0.606. The van der Waals surface area contributed by atoms with Crippen LogP contribution in [-0.4, -0.2) is 36.4 Å². The van der Waals surface area contributed by atoms with Crippen LogP contribution in [0.3, 0.4) is 0 Å². The van der Waals surface area contributed by atoms with Crippen LogP contribution in [-0.2, 0) is 19.1 Å². The number of carbonyl (C=O) groups is 2. The molecule has 1 N–H and O–H groups in total. The van der Waals surface area contributed by atoms with E-state index >= 15 is 0 Å². The van der Waals surface area contributed by atoms with Crippen molar-refractivity contribution in [1.29, 1.82) is 0 Å². The molecule has 0 saturated carbocycles. The topological polar surface area (TPSA) is 72.8 Å². The number of carbonyl (C=O) groups excluding carboxylic acids is 2. The van der Waals surface area contributed by atoms with E-state index in [-0.39, 0.29) is 25.2 Å². The zero-order valence-corrected chi connectivity index (χ0v) is 23.8. The lowest BCUT2D eigenvalue weighted by Gasteiger charge is -2.15. The van der Waals surface area contributed by atoms with E-state index in [9.17, 15) is 14.7 Å². The molecule has 0 heterocycles. The predicted octanol–water partition coefficient (Wildman–Crippen LogP) is 8.61. The average Bonchev–Trinajstić information content (AvgIpc) is 2.88. The summed E-state index contributed by atoms with van der Waals surface area (Å²) in [5, 5.41) is 9.42. The second-order valence-corrected chi connectivity index (χ2v) is 10.2. The summed E-state index contributed by atoms with van der Waals surface area (Å²) in [6.07, 6.45) is 28.4. The van der Waals surface area contributed by atoms with Crippen molar-refractivity contribution in [3.05, 3.63) is 12.2 Å². The van der Waals surface area contributed by atoms with Crippen LogP contribution in [0.4, 0.5) is 0 Å². The van der Waals surface area contributed by atoms with E-state index in [2.05, 4.69) is 26.0 Å². The first-order chi connectivity index (χ1) is 17.6. The van der Waals surface area contributed by atoms with Crippen LogP contribution < -0.4 is 0 Å². The van der Waals surface area contributed by atoms with Crippen LogP contribution >= 0.6 is 0 Å². The van der Waals surface area contributed by atoms with E-state index in [4.69, 9.17) is 9.47 Å². The second-order valence-electron chi connectivity index (χ2n) is 10.2. The number of hydrogen-bond acceptors (Lipinski definition) is 5. The van der Waals surface area contributed by atoms with Gasteiger partial charge in [-0.15, -0.1) is 0 Å². The normalized spacial score (nSPS) is 12.2. The highest BCUT2D eigenvalue weighted by Crippen LogP contribution is 2.11. The minimum Gasteiger partial charge on any atom is -0.462 e. The molecule has 5 nitrogen and oxygen atoms in total. The molecule has 0 spiro atoms. The van der Waals surface area contributed by atoms with Gasteiger partial charge in [-0.25, -0.2) is 0 Å². The SMILES string of the molecule is CCCCCCCC/C=C\CCCCCCCC(=O)OCC(CO)OC(=O)CCCCCCCCC. The average molecular weight is 511 g/mol. The quantitative estimate of drug-likeness (QED) is 0.0680. The van der Waals surface area contributed by atoms with Crippen LogP contribution in [0.2, 0.25) is 0 Å². The molecule has 0 aliphatic carbocycles. The number of esters is 2. The number of aliphatic hydroxyl groups excluding tert-OH is 1. The molecule has 1 atom stereocenters. The fraction of sp³-hybridized carbons (Fsp3) is 0.871. The van der Waals surface area contributed by atoms with Crippen molar-refractivity contribution in [2.75, 3.05) is 13.2 Å². The van der Waals surface area contributed by atoms with Gasteiger partial charge in [-0.3, -0.25) is 9.59 Å². The molecule has 0 aromatic rings. The fourth-order valence-corrected chi connectivity index (χ4v) is 4.19.